The maximum Gasteiger partial charge on any atom is 0.170 e. The first-order valence-electron chi connectivity index (χ1n) is 8.00. The van der Waals surface area contributed by atoms with Gasteiger partial charge in [-0.3, -0.25) is 0 Å². The van der Waals surface area contributed by atoms with Gasteiger partial charge in [-0.25, -0.2) is 0 Å². The van der Waals surface area contributed by atoms with Gasteiger partial charge in [0.15, 0.2) is 5.82 Å². The topological polar surface area (TPSA) is 68.1 Å². The fourth-order valence-electron chi connectivity index (χ4n) is 2.96. The average molecular weight is 316 g/mol. The summed E-state index contributed by atoms with van der Waals surface area (Å²) < 4.78 is 7.58. The van der Waals surface area contributed by atoms with Crippen molar-refractivity contribution in [1.82, 2.24) is 30.4 Å². The smallest absolute Gasteiger partial charge is 0.170 e. The lowest BCUT2D eigenvalue weighted by atomic mass is 10.1. The number of rotatable bonds is 5. The molecule has 0 spiro atoms. The van der Waals surface area contributed by atoms with E-state index in [2.05, 4.69) is 58.8 Å². The summed E-state index contributed by atoms with van der Waals surface area (Å²) in [7, 11) is 2.12. The highest BCUT2D eigenvalue weighted by Gasteiger charge is 2.18. The van der Waals surface area contributed by atoms with Gasteiger partial charge in [0.1, 0.15) is 0 Å². The van der Waals surface area contributed by atoms with E-state index in [1.54, 1.807) is 0 Å². The third-order valence-corrected chi connectivity index (χ3v) is 4.18. The second-order valence-electron chi connectivity index (χ2n) is 6.13. The minimum Gasteiger partial charge on any atom is -0.374 e. The summed E-state index contributed by atoms with van der Waals surface area (Å²) in [5.74, 6) is 0.812. The van der Waals surface area contributed by atoms with E-state index in [1.807, 2.05) is 10.7 Å². The molecule has 0 radical (unpaired) electrons. The van der Waals surface area contributed by atoms with E-state index in [0.717, 1.165) is 48.9 Å². The van der Waals surface area contributed by atoms with Crippen LogP contribution in [0.3, 0.4) is 0 Å². The number of tetrazole rings is 1. The number of likely N-dealkylation sites (N-methyl/N-ethyl adjacent to an activating group) is 1. The van der Waals surface area contributed by atoms with Gasteiger partial charge in [-0.05, 0) is 42.4 Å². The lowest BCUT2D eigenvalue weighted by Crippen LogP contribution is -2.44. The molecule has 23 heavy (non-hydrogen) atoms. The highest BCUT2D eigenvalue weighted by molar-refractivity contribution is 5.46. The van der Waals surface area contributed by atoms with E-state index >= 15 is 0 Å². The number of benzene rings is 1. The maximum absolute atomic E-state index is 5.76. The van der Waals surface area contributed by atoms with E-state index in [1.165, 1.54) is 0 Å². The molecule has 1 aromatic heterocycles. The molecule has 7 heteroatoms. The molecule has 0 bridgehead atoms. The maximum atomic E-state index is 5.76. The minimum atomic E-state index is 0.221. The van der Waals surface area contributed by atoms with Crippen molar-refractivity contribution in [3.05, 3.63) is 35.2 Å². The summed E-state index contributed by atoms with van der Waals surface area (Å²) in [6.45, 7) is 8.31. The molecule has 2 heterocycles. The molecule has 1 aliphatic heterocycles. The van der Waals surface area contributed by atoms with Crippen LogP contribution in [0.1, 0.15) is 17.0 Å². The van der Waals surface area contributed by atoms with Crippen LogP contribution in [0.15, 0.2) is 18.2 Å². The SMILES string of the molecule is Cc1cccc(C)c1-n1nnnc1CNC[C@H]1CN(C)CCO1. The van der Waals surface area contributed by atoms with Crippen molar-refractivity contribution < 1.29 is 4.74 Å². The Labute approximate surface area is 136 Å². The highest BCUT2D eigenvalue weighted by atomic mass is 16.5. The molecule has 7 nitrogen and oxygen atoms in total. The first-order valence-corrected chi connectivity index (χ1v) is 8.00. The van der Waals surface area contributed by atoms with Crippen molar-refractivity contribution >= 4 is 0 Å². The van der Waals surface area contributed by atoms with Crippen molar-refractivity contribution in [1.29, 1.82) is 0 Å². The Morgan fingerprint density at radius 2 is 2.09 bits per heavy atom. The van der Waals surface area contributed by atoms with Crippen LogP contribution in [0.5, 0.6) is 0 Å². The molecule has 1 aliphatic rings. The Hall–Kier alpha value is -1.83. The highest BCUT2D eigenvalue weighted by Crippen LogP contribution is 2.18. The first kappa shape index (κ1) is 16.0. The molecular formula is C16H24N6O. The fourth-order valence-corrected chi connectivity index (χ4v) is 2.96. The Kier molecular flexibility index (Phi) is 5.00. The van der Waals surface area contributed by atoms with E-state index in [0.29, 0.717) is 6.54 Å². The van der Waals surface area contributed by atoms with Crippen molar-refractivity contribution in [3.63, 3.8) is 0 Å². The predicted molar refractivity (Wildman–Crippen MR) is 87.6 cm³/mol. The van der Waals surface area contributed by atoms with Gasteiger partial charge in [0, 0.05) is 19.6 Å². The van der Waals surface area contributed by atoms with Crippen molar-refractivity contribution in [2.24, 2.45) is 0 Å². The average Bonchev–Trinajstić information content (AvgIpc) is 2.95. The number of para-hydroxylation sites is 1. The number of aryl methyl sites for hydroxylation is 2. The Bertz CT molecular complexity index is 636. The zero-order valence-electron chi connectivity index (χ0n) is 14.0. The number of hydrogen-bond donors (Lipinski definition) is 1. The summed E-state index contributed by atoms with van der Waals surface area (Å²) in [4.78, 5) is 2.29. The zero-order chi connectivity index (χ0) is 16.2. The van der Waals surface area contributed by atoms with Gasteiger partial charge in [0.25, 0.3) is 0 Å². The zero-order valence-corrected chi connectivity index (χ0v) is 14.0. The lowest BCUT2D eigenvalue weighted by Gasteiger charge is -2.30. The number of aromatic nitrogens is 4. The number of nitrogens with zero attached hydrogens (tertiary/aromatic N) is 5. The van der Waals surface area contributed by atoms with Gasteiger partial charge >= 0.3 is 0 Å². The summed E-state index contributed by atoms with van der Waals surface area (Å²) >= 11 is 0. The normalized spacial score (nSPS) is 19.2. The monoisotopic (exact) mass is 316 g/mol. The molecule has 3 rings (SSSR count). The molecule has 1 atom stereocenters. The molecule has 0 amide bonds. The third-order valence-electron chi connectivity index (χ3n) is 4.18. The molecule has 0 saturated carbocycles. The van der Waals surface area contributed by atoms with Crippen LogP contribution in [0.4, 0.5) is 0 Å². The van der Waals surface area contributed by atoms with Crippen molar-refractivity contribution in [3.8, 4) is 5.69 Å². The number of nitrogens with one attached hydrogen (secondary N) is 1. The van der Waals surface area contributed by atoms with Crippen LogP contribution >= 0.6 is 0 Å². The predicted octanol–water partition coefficient (Wildman–Crippen LogP) is 0.699. The van der Waals surface area contributed by atoms with Crippen LogP contribution in [0, 0.1) is 13.8 Å². The molecule has 0 unspecified atom stereocenters. The van der Waals surface area contributed by atoms with Crippen LogP contribution in [0.2, 0.25) is 0 Å². The van der Waals surface area contributed by atoms with Gasteiger partial charge in [-0.15, -0.1) is 5.10 Å². The molecule has 1 fully saturated rings. The molecule has 1 aromatic carbocycles. The van der Waals surface area contributed by atoms with Gasteiger partial charge in [0.05, 0.1) is 24.9 Å². The molecular weight excluding hydrogens is 292 g/mol. The largest absolute Gasteiger partial charge is 0.374 e. The number of hydrogen-bond acceptors (Lipinski definition) is 6. The second kappa shape index (κ2) is 7.16. The summed E-state index contributed by atoms with van der Waals surface area (Å²) in [6.07, 6.45) is 0.221. The molecule has 1 N–H and O–H groups in total. The second-order valence-corrected chi connectivity index (χ2v) is 6.13. The Morgan fingerprint density at radius 3 is 2.83 bits per heavy atom. The number of ether oxygens (including phenoxy) is 1. The quantitative estimate of drug-likeness (QED) is 0.876. The third kappa shape index (κ3) is 3.74. The van der Waals surface area contributed by atoms with E-state index in [9.17, 15) is 0 Å². The number of morpholine rings is 1. The van der Waals surface area contributed by atoms with Crippen molar-refractivity contribution in [2.45, 2.75) is 26.5 Å². The van der Waals surface area contributed by atoms with Crippen molar-refractivity contribution in [2.75, 3.05) is 33.3 Å². The summed E-state index contributed by atoms with van der Waals surface area (Å²) in [5, 5.41) is 15.6. The lowest BCUT2D eigenvalue weighted by molar-refractivity contribution is -0.0183. The minimum absolute atomic E-state index is 0.221. The van der Waals surface area contributed by atoms with Gasteiger partial charge in [0.2, 0.25) is 0 Å². The Balaban J connectivity index is 1.65. The Morgan fingerprint density at radius 1 is 1.30 bits per heavy atom. The first-order chi connectivity index (χ1) is 11.1. The van der Waals surface area contributed by atoms with Gasteiger partial charge in [-0.2, -0.15) is 4.68 Å². The van der Waals surface area contributed by atoms with E-state index in [-0.39, 0.29) is 6.10 Å². The van der Waals surface area contributed by atoms with Crippen LogP contribution < -0.4 is 5.32 Å². The van der Waals surface area contributed by atoms with E-state index < -0.39 is 0 Å². The van der Waals surface area contributed by atoms with Gasteiger partial charge in [-0.1, -0.05) is 18.2 Å². The van der Waals surface area contributed by atoms with E-state index in [4.69, 9.17) is 4.74 Å². The standard InChI is InChI=1S/C16H24N6O/c1-12-5-4-6-13(2)16(12)22-15(18-19-20-22)10-17-9-14-11-21(3)7-8-23-14/h4-6,14,17H,7-11H2,1-3H3/t14-/m0/s1. The van der Waals surface area contributed by atoms with Crippen LogP contribution in [-0.2, 0) is 11.3 Å². The van der Waals surface area contributed by atoms with Gasteiger partial charge < -0.3 is 15.0 Å². The molecule has 1 saturated heterocycles. The summed E-state index contributed by atoms with van der Waals surface area (Å²) in [6, 6.07) is 6.20. The van der Waals surface area contributed by atoms with Crippen LogP contribution in [-0.4, -0.2) is 64.5 Å². The fraction of sp³-hybridized carbons (Fsp3) is 0.562. The molecule has 2 aromatic rings. The molecule has 124 valence electrons. The molecule has 0 aliphatic carbocycles. The summed E-state index contributed by atoms with van der Waals surface area (Å²) in [5.41, 5.74) is 3.38. The van der Waals surface area contributed by atoms with Crippen LogP contribution in [0.25, 0.3) is 5.69 Å².